The maximum absolute atomic E-state index is 5.41. The highest BCUT2D eigenvalue weighted by Crippen LogP contribution is 2.35. The van der Waals surface area contributed by atoms with Crippen molar-refractivity contribution in [3.8, 4) is 0 Å². The number of hydrogen-bond donors (Lipinski definition) is 0. The Balaban J connectivity index is 2.07. The highest BCUT2D eigenvalue weighted by Gasteiger charge is 2.24. The van der Waals surface area contributed by atoms with Crippen LogP contribution in [-0.2, 0) is 11.2 Å². The molecule has 0 bridgehead atoms. The zero-order valence-electron chi connectivity index (χ0n) is 9.08. The lowest BCUT2D eigenvalue weighted by Crippen LogP contribution is -2.07. The van der Waals surface area contributed by atoms with Gasteiger partial charge >= 0.3 is 0 Å². The van der Waals surface area contributed by atoms with E-state index in [2.05, 4.69) is 47.1 Å². The molecule has 0 amide bonds. The molecule has 1 aromatic rings. The van der Waals surface area contributed by atoms with Crippen LogP contribution in [0.5, 0.6) is 0 Å². The lowest BCUT2D eigenvalue weighted by atomic mass is 9.97. The summed E-state index contributed by atoms with van der Waals surface area (Å²) in [6.45, 7) is 4.00. The van der Waals surface area contributed by atoms with Crippen molar-refractivity contribution in [2.45, 2.75) is 24.6 Å². The van der Waals surface area contributed by atoms with Crippen LogP contribution < -0.4 is 0 Å². The Morgan fingerprint density at radius 3 is 2.67 bits per heavy atom. The second-order valence-corrected chi connectivity index (χ2v) is 5.11. The van der Waals surface area contributed by atoms with E-state index < -0.39 is 0 Å². The third kappa shape index (κ3) is 2.61. The first-order valence-electron chi connectivity index (χ1n) is 5.62. The Morgan fingerprint density at radius 1 is 1.40 bits per heavy atom. The van der Waals surface area contributed by atoms with Crippen molar-refractivity contribution in [3.63, 3.8) is 0 Å². The molecule has 0 spiro atoms. The van der Waals surface area contributed by atoms with E-state index in [1.54, 1.807) is 0 Å². The van der Waals surface area contributed by atoms with Crippen molar-refractivity contribution >= 4 is 15.9 Å². The molecule has 2 rings (SSSR count). The molecule has 1 nitrogen and oxygen atoms in total. The summed E-state index contributed by atoms with van der Waals surface area (Å²) in [5.74, 6) is 0.637. The predicted molar refractivity (Wildman–Crippen MR) is 66.4 cm³/mol. The summed E-state index contributed by atoms with van der Waals surface area (Å²) in [5.41, 5.74) is 2.78. The molecule has 2 atom stereocenters. The molecule has 0 N–H and O–H groups in total. The number of benzene rings is 1. The summed E-state index contributed by atoms with van der Waals surface area (Å²) in [6, 6.07) is 8.91. The van der Waals surface area contributed by atoms with E-state index in [0.717, 1.165) is 19.6 Å². The Morgan fingerprint density at radius 2 is 2.13 bits per heavy atom. The van der Waals surface area contributed by atoms with Crippen molar-refractivity contribution in [1.82, 2.24) is 0 Å². The van der Waals surface area contributed by atoms with Gasteiger partial charge in [0.15, 0.2) is 0 Å². The fourth-order valence-electron chi connectivity index (χ4n) is 1.99. The number of hydrogen-bond acceptors (Lipinski definition) is 1. The summed E-state index contributed by atoms with van der Waals surface area (Å²) in [6.07, 6.45) is 2.28. The second kappa shape index (κ2) is 5.13. The summed E-state index contributed by atoms with van der Waals surface area (Å²) in [7, 11) is 0. The first kappa shape index (κ1) is 11.2. The molecule has 82 valence electrons. The van der Waals surface area contributed by atoms with Gasteiger partial charge in [-0.25, -0.2) is 0 Å². The molecule has 0 radical (unpaired) electrons. The summed E-state index contributed by atoms with van der Waals surface area (Å²) in [4.78, 5) is 0.450. The summed E-state index contributed by atoms with van der Waals surface area (Å²) >= 11 is 3.78. The van der Waals surface area contributed by atoms with E-state index in [0.29, 0.717) is 10.7 Å². The fraction of sp³-hybridized carbons (Fsp3) is 0.538. The SMILES string of the molecule is CCc1ccc(C(Br)C2CCOC2)cc1. The number of halogens is 1. The number of ether oxygens (including phenoxy) is 1. The highest BCUT2D eigenvalue weighted by atomic mass is 79.9. The molecule has 0 saturated carbocycles. The molecule has 2 heteroatoms. The van der Waals surface area contributed by atoms with Gasteiger partial charge in [0.2, 0.25) is 0 Å². The normalized spacial score (nSPS) is 22.9. The average molecular weight is 269 g/mol. The van der Waals surface area contributed by atoms with Crippen LogP contribution in [0.4, 0.5) is 0 Å². The largest absolute Gasteiger partial charge is 0.381 e. The van der Waals surface area contributed by atoms with Gasteiger partial charge in [-0.2, -0.15) is 0 Å². The first-order chi connectivity index (χ1) is 7.31. The molecule has 0 aromatic heterocycles. The molecule has 0 aliphatic carbocycles. The van der Waals surface area contributed by atoms with Gasteiger partial charge in [0.05, 0.1) is 6.61 Å². The Kier molecular flexibility index (Phi) is 3.81. The van der Waals surface area contributed by atoms with Crippen LogP contribution in [0.25, 0.3) is 0 Å². The lowest BCUT2D eigenvalue weighted by Gasteiger charge is -2.16. The minimum absolute atomic E-state index is 0.450. The predicted octanol–water partition coefficient (Wildman–Crippen LogP) is 3.72. The Labute approximate surface area is 100.0 Å². The molecule has 15 heavy (non-hydrogen) atoms. The van der Waals surface area contributed by atoms with Crippen molar-refractivity contribution in [2.75, 3.05) is 13.2 Å². The van der Waals surface area contributed by atoms with Crippen LogP contribution in [0, 0.1) is 5.92 Å². The third-order valence-electron chi connectivity index (χ3n) is 3.09. The van der Waals surface area contributed by atoms with Gasteiger partial charge in [-0.1, -0.05) is 47.1 Å². The minimum Gasteiger partial charge on any atom is -0.381 e. The van der Waals surface area contributed by atoms with Gasteiger partial charge in [-0.15, -0.1) is 0 Å². The van der Waals surface area contributed by atoms with Crippen molar-refractivity contribution in [1.29, 1.82) is 0 Å². The fourth-order valence-corrected chi connectivity index (χ4v) is 2.72. The van der Waals surface area contributed by atoms with Gasteiger partial charge in [0.25, 0.3) is 0 Å². The average Bonchev–Trinajstić information content (AvgIpc) is 2.82. The van der Waals surface area contributed by atoms with E-state index >= 15 is 0 Å². The highest BCUT2D eigenvalue weighted by molar-refractivity contribution is 9.09. The second-order valence-electron chi connectivity index (χ2n) is 4.12. The molecule has 1 aromatic carbocycles. The van der Waals surface area contributed by atoms with Crippen LogP contribution in [0.3, 0.4) is 0 Å². The molecular formula is C13H17BrO. The minimum atomic E-state index is 0.450. The van der Waals surface area contributed by atoms with Gasteiger partial charge in [0.1, 0.15) is 0 Å². The van der Waals surface area contributed by atoms with Crippen molar-refractivity contribution in [2.24, 2.45) is 5.92 Å². The quantitative estimate of drug-likeness (QED) is 0.760. The standard InChI is InChI=1S/C13H17BrO/c1-2-10-3-5-11(6-4-10)13(14)12-7-8-15-9-12/h3-6,12-13H,2,7-9H2,1H3. The van der Waals surface area contributed by atoms with E-state index in [1.807, 2.05) is 0 Å². The zero-order valence-corrected chi connectivity index (χ0v) is 10.7. The monoisotopic (exact) mass is 268 g/mol. The molecule has 2 unspecified atom stereocenters. The van der Waals surface area contributed by atoms with Gasteiger partial charge in [0, 0.05) is 17.4 Å². The molecule has 1 aliphatic rings. The van der Waals surface area contributed by atoms with Crippen LogP contribution in [0.2, 0.25) is 0 Å². The van der Waals surface area contributed by atoms with Crippen LogP contribution in [-0.4, -0.2) is 13.2 Å². The van der Waals surface area contributed by atoms with Gasteiger partial charge in [-0.05, 0) is 24.0 Å². The maximum atomic E-state index is 5.41. The van der Waals surface area contributed by atoms with E-state index in [4.69, 9.17) is 4.74 Å². The lowest BCUT2D eigenvalue weighted by molar-refractivity contribution is 0.185. The number of alkyl halides is 1. The van der Waals surface area contributed by atoms with E-state index in [-0.39, 0.29) is 0 Å². The Bertz CT molecular complexity index is 301. The van der Waals surface area contributed by atoms with Crippen molar-refractivity contribution < 1.29 is 4.74 Å². The first-order valence-corrected chi connectivity index (χ1v) is 6.53. The summed E-state index contributed by atoms with van der Waals surface area (Å²) < 4.78 is 5.41. The van der Waals surface area contributed by atoms with Crippen LogP contribution in [0.1, 0.15) is 29.3 Å². The smallest absolute Gasteiger partial charge is 0.0509 e. The topological polar surface area (TPSA) is 9.23 Å². The zero-order chi connectivity index (χ0) is 10.7. The van der Waals surface area contributed by atoms with Gasteiger partial charge in [-0.3, -0.25) is 0 Å². The molecule has 1 fully saturated rings. The number of aryl methyl sites for hydroxylation is 1. The number of rotatable bonds is 3. The van der Waals surface area contributed by atoms with Gasteiger partial charge < -0.3 is 4.74 Å². The van der Waals surface area contributed by atoms with E-state index in [9.17, 15) is 0 Å². The molecular weight excluding hydrogens is 252 g/mol. The summed E-state index contributed by atoms with van der Waals surface area (Å²) in [5, 5.41) is 0. The van der Waals surface area contributed by atoms with Crippen LogP contribution >= 0.6 is 15.9 Å². The van der Waals surface area contributed by atoms with Crippen molar-refractivity contribution in [3.05, 3.63) is 35.4 Å². The molecule has 1 heterocycles. The third-order valence-corrected chi connectivity index (χ3v) is 4.36. The maximum Gasteiger partial charge on any atom is 0.0509 e. The molecule has 1 saturated heterocycles. The Hall–Kier alpha value is -0.340. The van der Waals surface area contributed by atoms with Crippen LogP contribution in [0.15, 0.2) is 24.3 Å². The van der Waals surface area contributed by atoms with E-state index in [1.165, 1.54) is 17.5 Å². The molecule has 1 aliphatic heterocycles.